The van der Waals surface area contributed by atoms with Crippen molar-refractivity contribution in [3.8, 4) is 0 Å². The SMILES string of the molecule is CN1CCC(C(N)C(=O)NN)CC1. The first-order valence-corrected chi connectivity index (χ1v) is 4.59. The van der Waals surface area contributed by atoms with Crippen LogP contribution in [0.1, 0.15) is 12.8 Å². The largest absolute Gasteiger partial charge is 0.320 e. The van der Waals surface area contributed by atoms with Crippen molar-refractivity contribution in [2.75, 3.05) is 20.1 Å². The third-order valence-electron chi connectivity index (χ3n) is 2.72. The van der Waals surface area contributed by atoms with Crippen molar-refractivity contribution in [1.29, 1.82) is 0 Å². The van der Waals surface area contributed by atoms with Gasteiger partial charge < -0.3 is 10.6 Å². The van der Waals surface area contributed by atoms with Gasteiger partial charge in [-0.05, 0) is 38.9 Å². The molecule has 0 spiro atoms. The molecule has 0 radical (unpaired) electrons. The summed E-state index contributed by atoms with van der Waals surface area (Å²) in [5.41, 5.74) is 7.83. The summed E-state index contributed by atoms with van der Waals surface area (Å²) in [5, 5.41) is 0. The van der Waals surface area contributed by atoms with Gasteiger partial charge >= 0.3 is 0 Å². The molecule has 1 fully saturated rings. The van der Waals surface area contributed by atoms with Crippen LogP contribution in [-0.4, -0.2) is 37.0 Å². The van der Waals surface area contributed by atoms with Crippen LogP contribution < -0.4 is 17.0 Å². The quantitative estimate of drug-likeness (QED) is 0.283. The second kappa shape index (κ2) is 4.55. The zero-order valence-electron chi connectivity index (χ0n) is 7.99. The van der Waals surface area contributed by atoms with E-state index in [4.69, 9.17) is 11.6 Å². The fourth-order valence-electron chi connectivity index (χ4n) is 1.70. The molecule has 1 aliphatic heterocycles. The van der Waals surface area contributed by atoms with Gasteiger partial charge in [0.15, 0.2) is 0 Å². The molecule has 0 aromatic heterocycles. The smallest absolute Gasteiger partial charge is 0.251 e. The minimum atomic E-state index is -0.446. The number of likely N-dealkylation sites (tertiary alicyclic amines) is 1. The molecular weight excluding hydrogens is 168 g/mol. The molecule has 0 aromatic carbocycles. The average molecular weight is 186 g/mol. The maximum absolute atomic E-state index is 11.1. The monoisotopic (exact) mass is 186 g/mol. The van der Waals surface area contributed by atoms with E-state index in [-0.39, 0.29) is 11.8 Å². The Labute approximate surface area is 78.4 Å². The molecule has 1 atom stereocenters. The number of hydrogen-bond donors (Lipinski definition) is 3. The van der Waals surface area contributed by atoms with E-state index in [9.17, 15) is 4.79 Å². The van der Waals surface area contributed by atoms with Crippen molar-refractivity contribution in [1.82, 2.24) is 10.3 Å². The van der Waals surface area contributed by atoms with E-state index < -0.39 is 6.04 Å². The van der Waals surface area contributed by atoms with Gasteiger partial charge in [0.05, 0.1) is 6.04 Å². The lowest BCUT2D eigenvalue weighted by Gasteiger charge is -2.31. The molecule has 0 aliphatic carbocycles. The van der Waals surface area contributed by atoms with Crippen molar-refractivity contribution in [2.24, 2.45) is 17.5 Å². The van der Waals surface area contributed by atoms with E-state index in [1.54, 1.807) is 0 Å². The zero-order chi connectivity index (χ0) is 9.84. The summed E-state index contributed by atoms with van der Waals surface area (Å²) in [5.74, 6) is 5.04. The number of carbonyl (C=O) groups excluding carboxylic acids is 1. The highest BCUT2D eigenvalue weighted by atomic mass is 16.2. The van der Waals surface area contributed by atoms with Gasteiger partial charge in [-0.3, -0.25) is 10.2 Å². The third-order valence-corrected chi connectivity index (χ3v) is 2.72. The number of piperidine rings is 1. The molecule has 1 amide bonds. The second-order valence-corrected chi connectivity index (χ2v) is 3.68. The van der Waals surface area contributed by atoms with Crippen LogP contribution in [0, 0.1) is 5.92 Å². The predicted octanol–water partition coefficient (Wildman–Crippen LogP) is -1.35. The molecule has 76 valence electrons. The summed E-state index contributed by atoms with van der Waals surface area (Å²) in [6.45, 7) is 2.02. The van der Waals surface area contributed by atoms with Gasteiger partial charge in [0.1, 0.15) is 0 Å². The number of hydrogen-bond acceptors (Lipinski definition) is 4. The Morgan fingerprint density at radius 2 is 2.08 bits per heavy atom. The number of rotatable bonds is 2. The first-order valence-electron chi connectivity index (χ1n) is 4.59. The Balaban J connectivity index is 2.39. The van der Waals surface area contributed by atoms with Crippen molar-refractivity contribution in [2.45, 2.75) is 18.9 Å². The Bertz CT molecular complexity index is 177. The fraction of sp³-hybridized carbons (Fsp3) is 0.875. The van der Waals surface area contributed by atoms with Crippen molar-refractivity contribution >= 4 is 5.91 Å². The van der Waals surface area contributed by atoms with E-state index in [0.717, 1.165) is 25.9 Å². The van der Waals surface area contributed by atoms with Gasteiger partial charge in [0.25, 0.3) is 5.91 Å². The normalized spacial score (nSPS) is 22.7. The molecule has 0 aromatic rings. The molecule has 0 saturated carbocycles. The minimum absolute atomic E-state index is 0.255. The van der Waals surface area contributed by atoms with Crippen LogP contribution in [0.5, 0.6) is 0 Å². The van der Waals surface area contributed by atoms with Gasteiger partial charge in [-0.2, -0.15) is 0 Å². The summed E-state index contributed by atoms with van der Waals surface area (Å²) < 4.78 is 0. The molecule has 5 N–H and O–H groups in total. The van der Waals surface area contributed by atoms with Gasteiger partial charge in [-0.1, -0.05) is 0 Å². The predicted molar refractivity (Wildman–Crippen MR) is 50.5 cm³/mol. The standard InChI is InChI=1S/C8H18N4O/c1-12-4-2-6(3-5-12)7(9)8(13)11-10/h6-7H,2-5,9-10H2,1H3,(H,11,13). The van der Waals surface area contributed by atoms with Crippen LogP contribution in [0.3, 0.4) is 0 Å². The van der Waals surface area contributed by atoms with E-state index in [1.807, 2.05) is 0 Å². The zero-order valence-corrected chi connectivity index (χ0v) is 7.99. The summed E-state index contributed by atoms with van der Waals surface area (Å²) in [4.78, 5) is 13.4. The van der Waals surface area contributed by atoms with E-state index in [2.05, 4.69) is 17.4 Å². The Hall–Kier alpha value is -0.650. The number of nitrogens with one attached hydrogen (secondary N) is 1. The molecule has 13 heavy (non-hydrogen) atoms. The van der Waals surface area contributed by atoms with E-state index >= 15 is 0 Å². The maximum atomic E-state index is 11.1. The molecular formula is C8H18N4O. The lowest BCUT2D eigenvalue weighted by molar-refractivity contribution is -0.124. The number of carbonyl (C=O) groups is 1. The summed E-state index contributed by atoms with van der Waals surface area (Å²) in [6.07, 6.45) is 1.95. The number of nitrogens with zero attached hydrogens (tertiary/aromatic N) is 1. The van der Waals surface area contributed by atoms with Gasteiger partial charge in [0, 0.05) is 0 Å². The Kier molecular flexibility index (Phi) is 3.65. The molecule has 1 aliphatic rings. The molecule has 1 unspecified atom stereocenters. The fourth-order valence-corrected chi connectivity index (χ4v) is 1.70. The number of hydrazine groups is 1. The Morgan fingerprint density at radius 3 is 2.54 bits per heavy atom. The van der Waals surface area contributed by atoms with Crippen LogP contribution in [0.15, 0.2) is 0 Å². The lowest BCUT2D eigenvalue weighted by Crippen LogP contribution is -2.50. The maximum Gasteiger partial charge on any atom is 0.251 e. The number of amides is 1. The highest BCUT2D eigenvalue weighted by Gasteiger charge is 2.26. The highest BCUT2D eigenvalue weighted by Crippen LogP contribution is 2.18. The van der Waals surface area contributed by atoms with Crippen LogP contribution in [0.4, 0.5) is 0 Å². The van der Waals surface area contributed by atoms with Crippen molar-refractivity contribution in [3.05, 3.63) is 0 Å². The van der Waals surface area contributed by atoms with Crippen LogP contribution in [0.2, 0.25) is 0 Å². The van der Waals surface area contributed by atoms with E-state index in [0.29, 0.717) is 0 Å². The highest BCUT2D eigenvalue weighted by molar-refractivity contribution is 5.81. The van der Waals surface area contributed by atoms with E-state index in [1.165, 1.54) is 0 Å². The molecule has 1 rings (SSSR count). The minimum Gasteiger partial charge on any atom is -0.320 e. The van der Waals surface area contributed by atoms with Crippen molar-refractivity contribution in [3.63, 3.8) is 0 Å². The van der Waals surface area contributed by atoms with Gasteiger partial charge in [-0.15, -0.1) is 0 Å². The molecule has 0 bridgehead atoms. The summed E-state index contributed by atoms with van der Waals surface area (Å²) in [7, 11) is 2.07. The molecule has 1 saturated heterocycles. The molecule has 5 nitrogen and oxygen atoms in total. The first kappa shape index (κ1) is 10.4. The summed E-state index contributed by atoms with van der Waals surface area (Å²) in [6, 6.07) is -0.446. The topological polar surface area (TPSA) is 84.4 Å². The summed E-state index contributed by atoms with van der Waals surface area (Å²) >= 11 is 0. The molecule has 1 heterocycles. The van der Waals surface area contributed by atoms with Crippen LogP contribution in [0.25, 0.3) is 0 Å². The lowest BCUT2D eigenvalue weighted by atomic mass is 9.90. The number of nitrogens with two attached hydrogens (primary N) is 2. The third kappa shape index (κ3) is 2.65. The average Bonchev–Trinajstić information content (AvgIpc) is 2.17. The first-order chi connectivity index (χ1) is 6.15. The van der Waals surface area contributed by atoms with Gasteiger partial charge in [0.2, 0.25) is 0 Å². The van der Waals surface area contributed by atoms with Crippen LogP contribution >= 0.6 is 0 Å². The van der Waals surface area contributed by atoms with Crippen molar-refractivity contribution < 1.29 is 4.79 Å². The van der Waals surface area contributed by atoms with Gasteiger partial charge in [-0.25, -0.2) is 5.84 Å². The Morgan fingerprint density at radius 1 is 1.54 bits per heavy atom. The molecule has 5 heteroatoms. The second-order valence-electron chi connectivity index (χ2n) is 3.68. The van der Waals surface area contributed by atoms with Crippen LogP contribution in [-0.2, 0) is 4.79 Å².